The van der Waals surface area contributed by atoms with E-state index in [2.05, 4.69) is 0 Å². The molecule has 0 fully saturated rings. The fourth-order valence-electron chi connectivity index (χ4n) is 0.662. The number of alkyl halides is 3. The molecule has 12 heavy (non-hydrogen) atoms. The average molecular weight is 186 g/mol. The number of rotatable bonds is 4. The van der Waals surface area contributed by atoms with Gasteiger partial charge in [-0.25, -0.2) is 0 Å². The van der Waals surface area contributed by atoms with Crippen molar-refractivity contribution >= 4 is 0 Å². The first kappa shape index (κ1) is 11.7. The molecule has 0 saturated carbocycles. The van der Waals surface area contributed by atoms with Crippen molar-refractivity contribution in [3.05, 3.63) is 0 Å². The highest BCUT2D eigenvalue weighted by atomic mass is 19.4. The van der Waals surface area contributed by atoms with E-state index in [1.165, 1.54) is 5.32 Å². The molecule has 0 amide bonds. The second kappa shape index (κ2) is 4.67. The van der Waals surface area contributed by atoms with Crippen LogP contribution in [0.1, 0.15) is 20.3 Å². The Morgan fingerprint density at radius 2 is 1.92 bits per heavy atom. The van der Waals surface area contributed by atoms with Crippen LogP contribution < -0.4 is 5.32 Å². The van der Waals surface area contributed by atoms with E-state index in [1.54, 1.807) is 0 Å². The van der Waals surface area contributed by atoms with Gasteiger partial charge in [-0.3, -0.25) is 0 Å². The average Bonchev–Trinajstić information content (AvgIpc) is 1.97. The van der Waals surface area contributed by atoms with Crippen LogP contribution in [0.15, 0.2) is 0 Å². The summed E-state index contributed by atoms with van der Waals surface area (Å²) in [5.41, 5.74) is 0. The summed E-state index contributed by atoms with van der Waals surface area (Å²) in [7, 11) is 0. The minimum Gasteiger partial charge on any atom is -0.379 e. The number of halogens is 3. The van der Waals surface area contributed by atoms with Gasteiger partial charge in [-0.05, 0) is 13.3 Å². The Kier molecular flexibility index (Phi) is 4.55. The zero-order valence-corrected chi connectivity index (χ0v) is 7.23. The van der Waals surface area contributed by atoms with Gasteiger partial charge in [-0.15, -0.1) is 0 Å². The maximum absolute atomic E-state index is 11.7. The highest BCUT2D eigenvalue weighted by Crippen LogP contribution is 2.18. The van der Waals surface area contributed by atoms with E-state index in [0.717, 1.165) is 6.42 Å². The van der Waals surface area contributed by atoms with Gasteiger partial charge in [0.05, 0.1) is 6.04 Å². The Balaban J connectivity index is 3.64. The topological polar surface area (TPSA) is 36.8 Å². The maximum Gasteiger partial charge on any atom is 0.419 e. The normalized spacial score (nSPS) is 17.5. The molecule has 0 spiro atoms. The van der Waals surface area contributed by atoms with E-state index in [1.807, 2.05) is 13.8 Å². The summed E-state index contributed by atoms with van der Waals surface area (Å²) >= 11 is 0. The van der Waals surface area contributed by atoms with Crippen molar-refractivity contribution in [3.63, 3.8) is 0 Å². The molecule has 0 rings (SSSR count). The van der Waals surface area contributed by atoms with Crippen molar-refractivity contribution in [1.29, 1.82) is 0 Å². The molecular weight excluding hydrogens is 171 g/mol. The zero-order chi connectivity index (χ0) is 9.78. The van der Waals surface area contributed by atoms with E-state index in [9.17, 15) is 13.2 Å². The smallest absolute Gasteiger partial charge is 0.379 e. The van der Waals surface area contributed by atoms with Crippen molar-refractivity contribution < 1.29 is 23.6 Å². The van der Waals surface area contributed by atoms with Crippen molar-refractivity contribution in [2.45, 2.75) is 38.6 Å². The van der Waals surface area contributed by atoms with Gasteiger partial charge in [-0.1, -0.05) is 6.92 Å². The number of nitrogens with two attached hydrogens (primary N) is 1. The molecule has 2 nitrogen and oxygen atoms in total. The predicted molar refractivity (Wildman–Crippen MR) is 38.6 cm³/mol. The van der Waals surface area contributed by atoms with Crippen molar-refractivity contribution in [2.24, 2.45) is 0 Å². The molecule has 74 valence electrons. The molecular formula is C7H15F3NO+. The summed E-state index contributed by atoms with van der Waals surface area (Å²) in [6.07, 6.45) is -5.89. The Hall–Kier alpha value is -0.290. The monoisotopic (exact) mass is 186 g/mol. The van der Waals surface area contributed by atoms with Crippen LogP contribution >= 0.6 is 0 Å². The summed E-state index contributed by atoms with van der Waals surface area (Å²) in [5, 5.41) is 10.1. The van der Waals surface area contributed by atoms with Crippen LogP contribution in [-0.2, 0) is 0 Å². The number of aliphatic hydroxyl groups is 1. The molecule has 2 atom stereocenters. The lowest BCUT2D eigenvalue weighted by Crippen LogP contribution is -2.91. The molecule has 5 heteroatoms. The number of aliphatic hydroxyl groups excluding tert-OH is 1. The Bertz CT molecular complexity index is 126. The molecule has 0 saturated heterocycles. The van der Waals surface area contributed by atoms with Crippen LogP contribution in [-0.4, -0.2) is 30.0 Å². The summed E-state index contributed by atoms with van der Waals surface area (Å²) in [4.78, 5) is 0. The summed E-state index contributed by atoms with van der Waals surface area (Å²) in [6, 6.07) is 0.127. The van der Waals surface area contributed by atoms with Gasteiger partial charge in [0, 0.05) is 0 Å². The minimum absolute atomic E-state index is 0.127. The lowest BCUT2D eigenvalue weighted by molar-refractivity contribution is -0.695. The van der Waals surface area contributed by atoms with E-state index >= 15 is 0 Å². The van der Waals surface area contributed by atoms with Crippen molar-refractivity contribution in [2.75, 3.05) is 6.54 Å². The van der Waals surface area contributed by atoms with E-state index < -0.39 is 12.3 Å². The molecule has 0 aliphatic carbocycles. The van der Waals surface area contributed by atoms with Crippen molar-refractivity contribution in [3.8, 4) is 0 Å². The van der Waals surface area contributed by atoms with E-state index in [0.29, 0.717) is 0 Å². The molecule has 0 aromatic heterocycles. The van der Waals surface area contributed by atoms with Crippen LogP contribution in [0.5, 0.6) is 0 Å². The van der Waals surface area contributed by atoms with Gasteiger partial charge in [0.1, 0.15) is 6.54 Å². The molecule has 0 radical (unpaired) electrons. The summed E-state index contributed by atoms with van der Waals surface area (Å²) in [6.45, 7) is 3.41. The number of hydrogen-bond donors (Lipinski definition) is 2. The van der Waals surface area contributed by atoms with Gasteiger partial charge in [0.15, 0.2) is 6.10 Å². The molecule has 0 aromatic rings. The first-order valence-corrected chi connectivity index (χ1v) is 3.96. The second-order valence-corrected chi connectivity index (χ2v) is 2.91. The number of hydrogen-bond acceptors (Lipinski definition) is 1. The van der Waals surface area contributed by atoms with Crippen LogP contribution in [0.2, 0.25) is 0 Å². The van der Waals surface area contributed by atoms with Gasteiger partial charge in [0.25, 0.3) is 0 Å². The summed E-state index contributed by atoms with van der Waals surface area (Å²) < 4.78 is 35.2. The van der Waals surface area contributed by atoms with Gasteiger partial charge >= 0.3 is 6.18 Å². The van der Waals surface area contributed by atoms with Crippen molar-refractivity contribution in [1.82, 2.24) is 0 Å². The highest BCUT2D eigenvalue weighted by Gasteiger charge is 2.39. The van der Waals surface area contributed by atoms with Crippen LogP contribution in [0.25, 0.3) is 0 Å². The van der Waals surface area contributed by atoms with Crippen LogP contribution in [0, 0.1) is 0 Å². The molecule has 0 aliphatic heterocycles. The quantitative estimate of drug-likeness (QED) is 0.649. The third-order valence-corrected chi connectivity index (χ3v) is 1.78. The molecule has 0 heterocycles. The molecule has 0 unspecified atom stereocenters. The fourth-order valence-corrected chi connectivity index (χ4v) is 0.662. The van der Waals surface area contributed by atoms with Gasteiger partial charge in [0.2, 0.25) is 0 Å². The van der Waals surface area contributed by atoms with Crippen LogP contribution in [0.4, 0.5) is 13.2 Å². The standard InChI is InChI=1S/C7H14F3NO/c1-3-5(2)11-4-6(12)7(8,9)10/h5-6,11-12H,3-4H2,1-2H3/p+1/t5-,6+/m0/s1. The van der Waals surface area contributed by atoms with Gasteiger partial charge in [-0.2, -0.15) is 13.2 Å². The molecule has 0 aromatic carbocycles. The van der Waals surface area contributed by atoms with Gasteiger partial charge < -0.3 is 10.4 Å². The lowest BCUT2D eigenvalue weighted by atomic mass is 10.2. The SMILES string of the molecule is CC[C@H](C)[NH2+]C[C@@H](O)C(F)(F)F. The van der Waals surface area contributed by atoms with E-state index in [-0.39, 0.29) is 12.6 Å². The predicted octanol–water partition coefficient (Wildman–Crippen LogP) is 0.272. The fraction of sp³-hybridized carbons (Fsp3) is 1.00. The summed E-state index contributed by atoms with van der Waals surface area (Å²) in [5.74, 6) is 0. The Morgan fingerprint density at radius 1 is 1.42 bits per heavy atom. The third kappa shape index (κ3) is 4.56. The molecule has 3 N–H and O–H groups in total. The molecule has 0 bridgehead atoms. The minimum atomic E-state index is -4.48. The second-order valence-electron chi connectivity index (χ2n) is 2.91. The first-order valence-electron chi connectivity index (χ1n) is 3.96. The third-order valence-electron chi connectivity index (χ3n) is 1.78. The maximum atomic E-state index is 11.7. The molecule has 0 aliphatic rings. The lowest BCUT2D eigenvalue weighted by Gasteiger charge is -2.15. The number of quaternary nitrogens is 1. The zero-order valence-electron chi connectivity index (χ0n) is 7.23. The first-order chi connectivity index (χ1) is 5.38. The Morgan fingerprint density at radius 3 is 2.25 bits per heavy atom. The highest BCUT2D eigenvalue weighted by molar-refractivity contribution is 4.62. The van der Waals surface area contributed by atoms with Crippen LogP contribution in [0.3, 0.4) is 0 Å². The Labute approximate surface area is 69.8 Å². The van der Waals surface area contributed by atoms with E-state index in [4.69, 9.17) is 5.11 Å². The largest absolute Gasteiger partial charge is 0.419 e.